The summed E-state index contributed by atoms with van der Waals surface area (Å²) in [5.74, 6) is 0.492. The van der Waals surface area contributed by atoms with Crippen LogP contribution in [0, 0.1) is 39.9 Å². The van der Waals surface area contributed by atoms with Gasteiger partial charge in [0.2, 0.25) is 0 Å². The number of allylic oxidation sites excluding steroid dienone is 1. The fourth-order valence-corrected chi connectivity index (χ4v) is 9.04. The van der Waals surface area contributed by atoms with Crippen LogP contribution in [0.4, 0.5) is 0 Å². The Bertz CT molecular complexity index is 1010. The van der Waals surface area contributed by atoms with Gasteiger partial charge in [0.1, 0.15) is 5.78 Å². The molecule has 1 heterocycles. The highest BCUT2D eigenvalue weighted by Gasteiger charge is 2.72. The van der Waals surface area contributed by atoms with Crippen molar-refractivity contribution in [3.8, 4) is 0 Å². The summed E-state index contributed by atoms with van der Waals surface area (Å²) in [5, 5.41) is 13.0. The molecule has 1 N–H and O–H groups in total. The molecule has 33 heavy (non-hydrogen) atoms. The maximum absolute atomic E-state index is 14.6. The SMILES string of the molecule is CC1=C2[C@@H](C)C(=O)[C@@]3(C)C([C@H](c4ccccc4)[C@](O)(C[C@@H]1C)C2(C)C)[C@]1(C)CO[C@@H]1C[C@@H]3C. The fourth-order valence-electron chi connectivity index (χ4n) is 9.04. The van der Waals surface area contributed by atoms with E-state index in [0.717, 1.165) is 12.8 Å². The molecule has 5 rings (SSSR count). The maximum Gasteiger partial charge on any atom is 0.146 e. The van der Waals surface area contributed by atoms with E-state index in [9.17, 15) is 9.90 Å². The van der Waals surface area contributed by atoms with Crippen LogP contribution in [0.15, 0.2) is 41.5 Å². The molecule has 0 radical (unpaired) electrons. The van der Waals surface area contributed by atoms with E-state index in [-0.39, 0.29) is 41.1 Å². The van der Waals surface area contributed by atoms with Gasteiger partial charge in [0.05, 0.1) is 18.3 Å². The van der Waals surface area contributed by atoms with E-state index in [0.29, 0.717) is 12.4 Å². The highest BCUT2D eigenvalue weighted by molar-refractivity contribution is 5.91. The molecule has 3 nitrogen and oxygen atoms in total. The topological polar surface area (TPSA) is 46.5 Å². The third kappa shape index (κ3) is 2.67. The summed E-state index contributed by atoms with van der Waals surface area (Å²) in [6.45, 7) is 18.4. The van der Waals surface area contributed by atoms with Crippen molar-refractivity contribution in [2.45, 2.75) is 85.9 Å². The minimum atomic E-state index is -0.955. The lowest BCUT2D eigenvalue weighted by atomic mass is 9.37. The van der Waals surface area contributed by atoms with Gasteiger partial charge in [0.15, 0.2) is 0 Å². The van der Waals surface area contributed by atoms with Crippen molar-refractivity contribution in [1.29, 1.82) is 0 Å². The molecule has 0 spiro atoms. The first-order valence-electron chi connectivity index (χ1n) is 13.0. The van der Waals surface area contributed by atoms with Crippen LogP contribution in [0.5, 0.6) is 0 Å². The maximum atomic E-state index is 14.6. The van der Waals surface area contributed by atoms with Crippen LogP contribution in [0.3, 0.4) is 0 Å². The van der Waals surface area contributed by atoms with Gasteiger partial charge in [-0.25, -0.2) is 0 Å². The Kier molecular flexibility index (Phi) is 4.97. The van der Waals surface area contributed by atoms with Crippen molar-refractivity contribution in [3.05, 3.63) is 47.0 Å². The van der Waals surface area contributed by atoms with Crippen molar-refractivity contribution < 1.29 is 14.6 Å². The number of rotatable bonds is 1. The molecule has 180 valence electrons. The minimum Gasteiger partial charge on any atom is -0.388 e. The van der Waals surface area contributed by atoms with E-state index >= 15 is 0 Å². The van der Waals surface area contributed by atoms with E-state index in [1.54, 1.807) is 0 Å². The molecule has 1 unspecified atom stereocenters. The summed E-state index contributed by atoms with van der Waals surface area (Å²) in [7, 11) is 0. The van der Waals surface area contributed by atoms with Crippen molar-refractivity contribution in [3.63, 3.8) is 0 Å². The molecule has 3 aliphatic carbocycles. The molecule has 1 aromatic rings. The first-order valence-corrected chi connectivity index (χ1v) is 13.0. The van der Waals surface area contributed by atoms with Crippen LogP contribution in [-0.4, -0.2) is 29.2 Å². The van der Waals surface area contributed by atoms with Gasteiger partial charge < -0.3 is 9.84 Å². The number of ether oxygens (including phenoxy) is 1. The fraction of sp³-hybridized carbons (Fsp3) is 0.700. The lowest BCUT2D eigenvalue weighted by molar-refractivity contribution is -0.283. The molecular weight excluding hydrogens is 408 g/mol. The van der Waals surface area contributed by atoms with Gasteiger partial charge in [0.25, 0.3) is 0 Å². The van der Waals surface area contributed by atoms with E-state index < -0.39 is 16.4 Å². The summed E-state index contributed by atoms with van der Waals surface area (Å²) < 4.78 is 6.15. The Balaban J connectivity index is 1.88. The van der Waals surface area contributed by atoms with E-state index in [1.165, 1.54) is 16.7 Å². The zero-order valence-electron chi connectivity index (χ0n) is 21.7. The summed E-state index contributed by atoms with van der Waals surface area (Å²) in [6.07, 6.45) is 1.79. The van der Waals surface area contributed by atoms with Crippen LogP contribution < -0.4 is 0 Å². The van der Waals surface area contributed by atoms with Crippen LogP contribution in [0.1, 0.15) is 79.7 Å². The molecule has 2 bridgehead atoms. The molecule has 9 atom stereocenters. The van der Waals surface area contributed by atoms with Gasteiger partial charge in [-0.1, -0.05) is 89.9 Å². The average Bonchev–Trinajstić information content (AvgIpc) is 2.76. The van der Waals surface area contributed by atoms with Gasteiger partial charge >= 0.3 is 0 Å². The van der Waals surface area contributed by atoms with Gasteiger partial charge in [-0.15, -0.1) is 0 Å². The minimum absolute atomic E-state index is 0.0151. The number of benzene rings is 1. The number of hydrogen-bond donors (Lipinski definition) is 1. The average molecular weight is 451 g/mol. The largest absolute Gasteiger partial charge is 0.388 e. The lowest BCUT2D eigenvalue weighted by Gasteiger charge is -2.70. The molecule has 2 saturated carbocycles. The lowest BCUT2D eigenvalue weighted by Crippen LogP contribution is -2.72. The predicted molar refractivity (Wildman–Crippen MR) is 132 cm³/mol. The number of carbonyl (C=O) groups excluding carboxylic acids is 1. The molecular formula is C30H42O3. The third-order valence-electron chi connectivity index (χ3n) is 11.2. The van der Waals surface area contributed by atoms with E-state index in [1.807, 2.05) is 6.07 Å². The number of carbonyl (C=O) groups is 1. The summed E-state index contributed by atoms with van der Waals surface area (Å²) >= 11 is 0. The van der Waals surface area contributed by atoms with Gasteiger partial charge in [-0.05, 0) is 43.1 Å². The first kappa shape index (κ1) is 23.3. The predicted octanol–water partition coefficient (Wildman–Crippen LogP) is 6.17. The highest BCUT2D eigenvalue weighted by Crippen LogP contribution is 2.71. The second kappa shape index (κ2) is 7.04. The number of Topliss-reactive ketones (excluding diaryl/α,β-unsaturated/α-hetero) is 1. The third-order valence-corrected chi connectivity index (χ3v) is 11.2. The van der Waals surface area contributed by atoms with E-state index in [4.69, 9.17) is 4.74 Å². The number of ketones is 1. The normalized spacial score (nSPS) is 48.8. The standard InChI is InChI=1S/C30H42O3/c1-17-15-30(32)24(21-12-10-9-11-13-21)25-28(7)16-33-22(28)14-18(2)29(25,8)26(31)20(4)23(19(17)3)27(30,5)6/h9-13,17-18,20,22,24-25,32H,14-16H2,1-8H3/t17-,18-,20+,22+,24-,25?,28+,29+,30+/m0/s1. The molecule has 1 aliphatic heterocycles. The zero-order chi connectivity index (χ0) is 24.1. The van der Waals surface area contributed by atoms with Gasteiger partial charge in [-0.3, -0.25) is 4.79 Å². The Morgan fingerprint density at radius 1 is 1.03 bits per heavy atom. The Morgan fingerprint density at radius 3 is 2.24 bits per heavy atom. The quantitative estimate of drug-likeness (QED) is 0.521. The van der Waals surface area contributed by atoms with E-state index in [2.05, 4.69) is 79.7 Å². The number of hydrogen-bond acceptors (Lipinski definition) is 3. The van der Waals surface area contributed by atoms with Crippen molar-refractivity contribution in [2.24, 2.45) is 39.9 Å². The number of aliphatic hydroxyl groups is 1. The zero-order valence-corrected chi connectivity index (χ0v) is 21.7. The molecule has 0 aromatic heterocycles. The smallest absolute Gasteiger partial charge is 0.146 e. The molecule has 0 amide bonds. The second-order valence-corrected chi connectivity index (χ2v) is 12.9. The Hall–Kier alpha value is -1.45. The van der Waals surface area contributed by atoms with Crippen LogP contribution in [-0.2, 0) is 9.53 Å². The molecule has 1 saturated heterocycles. The van der Waals surface area contributed by atoms with Gasteiger partial charge in [-0.2, -0.15) is 0 Å². The molecule has 3 heteroatoms. The molecule has 4 aliphatic rings. The Morgan fingerprint density at radius 2 is 1.67 bits per heavy atom. The number of fused-ring (bicyclic) bond motifs is 5. The Labute approximate surface area is 200 Å². The van der Waals surface area contributed by atoms with Crippen molar-refractivity contribution >= 4 is 5.78 Å². The summed E-state index contributed by atoms with van der Waals surface area (Å²) in [5.41, 5.74) is 1.55. The van der Waals surface area contributed by atoms with Gasteiger partial charge in [0, 0.05) is 28.1 Å². The second-order valence-electron chi connectivity index (χ2n) is 12.9. The van der Waals surface area contributed by atoms with Crippen LogP contribution in [0.2, 0.25) is 0 Å². The summed E-state index contributed by atoms with van der Waals surface area (Å²) in [4.78, 5) is 14.6. The van der Waals surface area contributed by atoms with Crippen molar-refractivity contribution in [2.75, 3.05) is 6.61 Å². The van der Waals surface area contributed by atoms with Crippen LogP contribution in [0.25, 0.3) is 0 Å². The highest BCUT2D eigenvalue weighted by atomic mass is 16.5. The molecule has 1 aromatic carbocycles. The molecule has 3 fully saturated rings. The summed E-state index contributed by atoms with van der Waals surface area (Å²) in [6, 6.07) is 10.6. The van der Waals surface area contributed by atoms with Crippen molar-refractivity contribution in [1.82, 2.24) is 0 Å². The van der Waals surface area contributed by atoms with Crippen LogP contribution >= 0.6 is 0 Å². The monoisotopic (exact) mass is 450 g/mol. The first-order chi connectivity index (χ1) is 15.3.